The Morgan fingerprint density at radius 3 is 2.54 bits per heavy atom. The van der Waals surface area contributed by atoms with Crippen LogP contribution in [-0.2, 0) is 11.0 Å². The van der Waals surface area contributed by atoms with Crippen molar-refractivity contribution in [2.45, 2.75) is 59.6 Å². The van der Waals surface area contributed by atoms with Crippen LogP contribution in [0.1, 0.15) is 58.9 Å². The van der Waals surface area contributed by atoms with Crippen LogP contribution in [0.2, 0.25) is 0 Å². The molecule has 2 aromatic heterocycles. The van der Waals surface area contributed by atoms with Crippen LogP contribution in [-0.4, -0.2) is 22.5 Å². The molecule has 0 atom stereocenters. The number of pyridine rings is 1. The second-order valence-electron chi connectivity index (χ2n) is 9.46. The van der Waals surface area contributed by atoms with Crippen LogP contribution in [0.3, 0.4) is 0 Å². The molecule has 0 fully saturated rings. The van der Waals surface area contributed by atoms with E-state index < -0.39 is 11.7 Å². The van der Waals surface area contributed by atoms with E-state index >= 15 is 0 Å². The van der Waals surface area contributed by atoms with Crippen molar-refractivity contribution in [2.75, 3.05) is 11.5 Å². The van der Waals surface area contributed by atoms with Gasteiger partial charge in [-0.3, -0.25) is 14.7 Å². The predicted octanol–water partition coefficient (Wildman–Crippen LogP) is 7.89. The first kappa shape index (κ1) is 26.7. The summed E-state index contributed by atoms with van der Waals surface area (Å²) in [7, 11) is 0. The summed E-state index contributed by atoms with van der Waals surface area (Å²) < 4.78 is 47.4. The number of benzene rings is 1. The molecule has 0 aliphatic rings. The molecule has 1 aromatic carbocycles. The Morgan fingerprint density at radius 1 is 1.14 bits per heavy atom. The van der Waals surface area contributed by atoms with E-state index in [9.17, 15) is 18.0 Å². The van der Waals surface area contributed by atoms with E-state index in [-0.39, 0.29) is 35.8 Å². The maximum Gasteiger partial charge on any atom is 0.420 e. The van der Waals surface area contributed by atoms with Crippen molar-refractivity contribution in [1.82, 2.24) is 9.97 Å². The number of thiazole rings is 1. The van der Waals surface area contributed by atoms with Crippen molar-refractivity contribution in [1.29, 1.82) is 0 Å². The van der Waals surface area contributed by atoms with Gasteiger partial charge < -0.3 is 4.74 Å². The monoisotopic (exact) mass is 505 g/mol. The zero-order chi connectivity index (χ0) is 25.6. The molecule has 3 rings (SSSR count). The smallest absolute Gasteiger partial charge is 0.420 e. The molecule has 0 saturated carbocycles. The number of carbonyl (C=O) groups excluding carboxylic acids is 1. The lowest BCUT2D eigenvalue weighted by Crippen LogP contribution is -2.29. The van der Waals surface area contributed by atoms with Gasteiger partial charge in [0.15, 0.2) is 5.13 Å². The van der Waals surface area contributed by atoms with Crippen molar-refractivity contribution in [2.24, 2.45) is 5.41 Å². The van der Waals surface area contributed by atoms with E-state index in [1.807, 2.05) is 33.8 Å². The van der Waals surface area contributed by atoms with Gasteiger partial charge in [0.05, 0.1) is 23.6 Å². The Kier molecular flexibility index (Phi) is 8.53. The normalized spacial score (nSPS) is 12.0. The molecule has 3 aromatic rings. The summed E-state index contributed by atoms with van der Waals surface area (Å²) in [5.74, 6) is -0.579. The number of aromatic nitrogens is 2. The number of anilines is 2. The van der Waals surface area contributed by atoms with Gasteiger partial charge in [-0.05, 0) is 42.2 Å². The highest BCUT2D eigenvalue weighted by atomic mass is 32.1. The van der Waals surface area contributed by atoms with Gasteiger partial charge >= 0.3 is 6.18 Å². The van der Waals surface area contributed by atoms with Gasteiger partial charge in [0.2, 0.25) is 5.91 Å². The highest BCUT2D eigenvalue weighted by molar-refractivity contribution is 7.14. The fraction of sp³-hybridized carbons (Fsp3) is 0.423. The highest BCUT2D eigenvalue weighted by Gasteiger charge is 2.36. The third kappa shape index (κ3) is 7.27. The molecule has 2 heterocycles. The molecule has 5 nitrogen and oxygen atoms in total. The summed E-state index contributed by atoms with van der Waals surface area (Å²) in [5.41, 5.74) is 0.167. The zero-order valence-corrected chi connectivity index (χ0v) is 21.2. The average Bonchev–Trinajstić information content (AvgIpc) is 3.26. The van der Waals surface area contributed by atoms with Gasteiger partial charge in [-0.15, -0.1) is 11.3 Å². The largest absolute Gasteiger partial charge is 0.493 e. The Bertz CT molecular complexity index is 1120. The highest BCUT2D eigenvalue weighted by Crippen LogP contribution is 2.41. The number of amides is 1. The van der Waals surface area contributed by atoms with Gasteiger partial charge in [0.1, 0.15) is 5.75 Å². The van der Waals surface area contributed by atoms with Gasteiger partial charge in [0, 0.05) is 29.8 Å². The van der Waals surface area contributed by atoms with Crippen LogP contribution in [0.5, 0.6) is 5.75 Å². The van der Waals surface area contributed by atoms with Crippen LogP contribution in [0.15, 0.2) is 48.1 Å². The summed E-state index contributed by atoms with van der Waals surface area (Å²) in [4.78, 5) is 23.3. The predicted molar refractivity (Wildman–Crippen MR) is 133 cm³/mol. The van der Waals surface area contributed by atoms with Gasteiger partial charge in [0.25, 0.3) is 0 Å². The first-order valence-corrected chi connectivity index (χ1v) is 12.4. The molecule has 0 radical (unpaired) electrons. The lowest BCUT2D eigenvalue weighted by Gasteiger charge is -2.26. The fourth-order valence-electron chi connectivity index (χ4n) is 3.45. The summed E-state index contributed by atoms with van der Waals surface area (Å²) in [5, 5.41) is 2.06. The SMILES string of the molecule is CCCCCOc1ccc(N(C(=O)CC(C)(C)C)c2nc(-c3cccnc3)cs2)cc1C(F)(F)F. The van der Waals surface area contributed by atoms with E-state index in [1.165, 1.54) is 28.4 Å². The number of nitrogens with zero attached hydrogens (tertiary/aromatic N) is 3. The number of hydrogen-bond acceptors (Lipinski definition) is 5. The maximum absolute atomic E-state index is 14.0. The molecule has 0 bridgehead atoms. The van der Waals surface area contributed by atoms with Crippen LogP contribution >= 0.6 is 11.3 Å². The lowest BCUT2D eigenvalue weighted by atomic mass is 9.91. The third-order valence-corrected chi connectivity index (χ3v) is 5.93. The topological polar surface area (TPSA) is 55.3 Å². The quantitative estimate of drug-likeness (QED) is 0.278. The number of alkyl halides is 3. The minimum absolute atomic E-state index is 0.0968. The Balaban J connectivity index is 2.03. The standard InChI is InChI=1S/C26H30F3N3O2S/c1-5-6-7-13-34-22-11-10-19(14-20(22)26(27,28)29)32(23(33)15-25(2,3)4)24-31-21(17-35-24)18-9-8-12-30-16-18/h8-12,14,16-17H,5-7,13,15H2,1-4H3. The zero-order valence-electron chi connectivity index (χ0n) is 20.4. The summed E-state index contributed by atoms with van der Waals surface area (Å²) >= 11 is 1.19. The first-order chi connectivity index (χ1) is 16.5. The molecule has 1 amide bonds. The van der Waals surface area contributed by atoms with Crippen molar-refractivity contribution >= 4 is 28.1 Å². The Labute approximate surface area is 208 Å². The Morgan fingerprint density at radius 2 is 1.91 bits per heavy atom. The molecule has 188 valence electrons. The van der Waals surface area contributed by atoms with E-state index in [0.29, 0.717) is 17.2 Å². The van der Waals surface area contributed by atoms with Crippen LogP contribution < -0.4 is 9.64 Å². The molecule has 0 unspecified atom stereocenters. The number of hydrogen-bond donors (Lipinski definition) is 0. The number of unbranched alkanes of at least 4 members (excludes halogenated alkanes) is 2. The van der Waals surface area contributed by atoms with Crippen LogP contribution in [0.4, 0.5) is 24.0 Å². The van der Waals surface area contributed by atoms with E-state index in [2.05, 4.69) is 9.97 Å². The second-order valence-corrected chi connectivity index (χ2v) is 10.3. The minimum atomic E-state index is -4.64. The van der Waals surface area contributed by atoms with E-state index in [4.69, 9.17) is 4.74 Å². The molecule has 0 saturated heterocycles. The summed E-state index contributed by atoms with van der Waals surface area (Å²) in [6.07, 6.45) is 1.25. The van der Waals surface area contributed by atoms with Crippen LogP contribution in [0, 0.1) is 5.41 Å². The summed E-state index contributed by atoms with van der Waals surface area (Å²) in [6, 6.07) is 7.35. The molecule has 9 heteroatoms. The molecule has 0 aliphatic heterocycles. The third-order valence-electron chi connectivity index (χ3n) is 5.10. The molecule has 0 aliphatic carbocycles. The molecular formula is C26H30F3N3O2S. The van der Waals surface area contributed by atoms with Gasteiger partial charge in [-0.2, -0.15) is 13.2 Å². The molecular weight excluding hydrogens is 475 g/mol. The van der Waals surface area contributed by atoms with Crippen molar-refractivity contribution in [3.63, 3.8) is 0 Å². The number of halogens is 3. The number of carbonyl (C=O) groups is 1. The fourth-order valence-corrected chi connectivity index (χ4v) is 4.32. The van der Waals surface area contributed by atoms with Gasteiger partial charge in [-0.25, -0.2) is 4.98 Å². The van der Waals surface area contributed by atoms with Crippen molar-refractivity contribution in [3.8, 4) is 17.0 Å². The Hall–Kier alpha value is -2.94. The molecule has 35 heavy (non-hydrogen) atoms. The van der Waals surface area contributed by atoms with E-state index in [1.54, 1.807) is 23.8 Å². The second kappa shape index (κ2) is 11.2. The molecule has 0 N–H and O–H groups in total. The average molecular weight is 506 g/mol. The number of ether oxygens (including phenoxy) is 1. The maximum atomic E-state index is 14.0. The van der Waals surface area contributed by atoms with Crippen molar-refractivity contribution in [3.05, 3.63) is 53.7 Å². The number of rotatable bonds is 9. The summed E-state index contributed by atoms with van der Waals surface area (Å²) in [6.45, 7) is 7.92. The lowest BCUT2D eigenvalue weighted by molar-refractivity contribution is -0.139. The van der Waals surface area contributed by atoms with Crippen molar-refractivity contribution < 1.29 is 22.7 Å². The minimum Gasteiger partial charge on any atom is -0.493 e. The van der Waals surface area contributed by atoms with Gasteiger partial charge in [-0.1, -0.05) is 40.5 Å². The first-order valence-electron chi connectivity index (χ1n) is 11.5. The van der Waals surface area contributed by atoms with Crippen LogP contribution in [0.25, 0.3) is 11.3 Å². The molecule has 0 spiro atoms. The van der Waals surface area contributed by atoms with E-state index in [0.717, 1.165) is 24.5 Å².